The van der Waals surface area contributed by atoms with E-state index >= 15 is 0 Å². The number of benzene rings is 1. The molecule has 2 nitrogen and oxygen atoms in total. The van der Waals surface area contributed by atoms with E-state index in [-0.39, 0.29) is 0 Å². The topological polar surface area (TPSA) is 16.1 Å². The van der Waals surface area contributed by atoms with Gasteiger partial charge in [-0.25, -0.2) is 0 Å². The van der Waals surface area contributed by atoms with Gasteiger partial charge in [-0.2, -0.15) is 12.6 Å². The molecule has 18 heavy (non-hydrogen) atoms. The van der Waals surface area contributed by atoms with Crippen LogP contribution in [0.3, 0.4) is 0 Å². The van der Waals surface area contributed by atoms with Crippen LogP contribution in [0.4, 0.5) is 0 Å². The molecule has 0 unspecified atom stereocenters. The van der Waals surface area contributed by atoms with Crippen molar-refractivity contribution in [1.82, 2.24) is 9.88 Å². The quantitative estimate of drug-likeness (QED) is 0.802. The molecule has 0 amide bonds. The third kappa shape index (κ3) is 4.17. The molecule has 0 radical (unpaired) electrons. The molecule has 0 aliphatic rings. The Bertz CT molecular complexity index is 403. The van der Waals surface area contributed by atoms with Gasteiger partial charge in [-0.3, -0.25) is 9.88 Å². The maximum absolute atomic E-state index is 4.38. The van der Waals surface area contributed by atoms with E-state index < -0.39 is 0 Å². The summed E-state index contributed by atoms with van der Waals surface area (Å²) in [7, 11) is 0. The monoisotopic (exact) mass is 258 g/mol. The van der Waals surface area contributed by atoms with Crippen LogP contribution in [-0.4, -0.2) is 22.2 Å². The number of hydrogen-bond donors (Lipinski definition) is 1. The van der Waals surface area contributed by atoms with E-state index in [4.69, 9.17) is 0 Å². The molecule has 0 atom stereocenters. The highest BCUT2D eigenvalue weighted by atomic mass is 32.1. The predicted molar refractivity (Wildman–Crippen MR) is 78.6 cm³/mol. The van der Waals surface area contributed by atoms with E-state index in [9.17, 15) is 0 Å². The summed E-state index contributed by atoms with van der Waals surface area (Å²) in [5.41, 5.74) is 2.44. The van der Waals surface area contributed by atoms with Crippen molar-refractivity contribution in [3.05, 3.63) is 66.0 Å². The highest BCUT2D eigenvalue weighted by molar-refractivity contribution is 7.80. The Morgan fingerprint density at radius 2 is 1.72 bits per heavy atom. The summed E-state index contributed by atoms with van der Waals surface area (Å²) < 4.78 is 0. The van der Waals surface area contributed by atoms with Crippen molar-refractivity contribution < 1.29 is 0 Å². The van der Waals surface area contributed by atoms with Crippen molar-refractivity contribution in [1.29, 1.82) is 0 Å². The molecule has 0 fully saturated rings. The first kappa shape index (κ1) is 13.1. The molecule has 0 bridgehead atoms. The molecular formula is C15H18N2S. The van der Waals surface area contributed by atoms with E-state index in [2.05, 4.69) is 52.8 Å². The molecule has 0 N–H and O–H groups in total. The molecule has 0 aliphatic carbocycles. The Morgan fingerprint density at radius 3 is 2.39 bits per heavy atom. The van der Waals surface area contributed by atoms with Crippen molar-refractivity contribution in [2.45, 2.75) is 13.1 Å². The van der Waals surface area contributed by atoms with Gasteiger partial charge in [0.2, 0.25) is 0 Å². The normalized spacial score (nSPS) is 10.8. The van der Waals surface area contributed by atoms with Crippen molar-refractivity contribution in [3.8, 4) is 0 Å². The Balaban J connectivity index is 2.00. The van der Waals surface area contributed by atoms with E-state index in [0.29, 0.717) is 0 Å². The SMILES string of the molecule is SCCN(Cc1ccccc1)Cc1ccccn1. The fourth-order valence-electron chi connectivity index (χ4n) is 1.92. The van der Waals surface area contributed by atoms with Crippen molar-refractivity contribution >= 4 is 12.6 Å². The Morgan fingerprint density at radius 1 is 0.944 bits per heavy atom. The van der Waals surface area contributed by atoms with Crippen LogP contribution >= 0.6 is 12.6 Å². The van der Waals surface area contributed by atoms with Gasteiger partial charge in [0.05, 0.1) is 5.69 Å². The first-order chi connectivity index (χ1) is 8.88. The zero-order chi connectivity index (χ0) is 12.6. The second kappa shape index (κ2) is 7.19. The van der Waals surface area contributed by atoms with Crippen molar-refractivity contribution in [3.63, 3.8) is 0 Å². The van der Waals surface area contributed by atoms with Crippen LogP contribution in [-0.2, 0) is 13.1 Å². The molecule has 94 valence electrons. The lowest BCUT2D eigenvalue weighted by atomic mass is 10.2. The Hall–Kier alpha value is -1.32. The van der Waals surface area contributed by atoms with Crippen LogP contribution < -0.4 is 0 Å². The number of aromatic nitrogens is 1. The molecule has 1 heterocycles. The van der Waals surface area contributed by atoms with E-state index in [0.717, 1.165) is 31.1 Å². The van der Waals surface area contributed by atoms with Gasteiger partial charge in [-0.1, -0.05) is 36.4 Å². The summed E-state index contributed by atoms with van der Waals surface area (Å²) in [6, 6.07) is 16.6. The van der Waals surface area contributed by atoms with E-state index in [1.165, 1.54) is 5.56 Å². The van der Waals surface area contributed by atoms with Gasteiger partial charge in [0.25, 0.3) is 0 Å². The average molecular weight is 258 g/mol. The fourth-order valence-corrected chi connectivity index (χ4v) is 2.20. The van der Waals surface area contributed by atoms with Crippen molar-refractivity contribution in [2.24, 2.45) is 0 Å². The fraction of sp³-hybridized carbons (Fsp3) is 0.267. The van der Waals surface area contributed by atoms with Crippen LogP contribution in [0.2, 0.25) is 0 Å². The lowest BCUT2D eigenvalue weighted by Crippen LogP contribution is -2.25. The summed E-state index contributed by atoms with van der Waals surface area (Å²) in [6.07, 6.45) is 1.84. The van der Waals surface area contributed by atoms with Gasteiger partial charge < -0.3 is 0 Å². The zero-order valence-corrected chi connectivity index (χ0v) is 11.3. The van der Waals surface area contributed by atoms with Crippen LogP contribution in [0.15, 0.2) is 54.7 Å². The molecule has 2 aromatic rings. The largest absolute Gasteiger partial charge is 0.292 e. The first-order valence-electron chi connectivity index (χ1n) is 6.15. The van der Waals surface area contributed by atoms with E-state index in [1.807, 2.05) is 24.4 Å². The van der Waals surface area contributed by atoms with Crippen LogP contribution in [0, 0.1) is 0 Å². The maximum atomic E-state index is 4.38. The summed E-state index contributed by atoms with van der Waals surface area (Å²) in [4.78, 5) is 6.74. The number of nitrogens with zero attached hydrogens (tertiary/aromatic N) is 2. The van der Waals surface area contributed by atoms with E-state index in [1.54, 1.807) is 0 Å². The van der Waals surface area contributed by atoms with Gasteiger partial charge in [-0.15, -0.1) is 0 Å². The predicted octanol–water partition coefficient (Wildman–Crippen LogP) is 3.01. The Labute approximate surface area is 114 Å². The molecule has 3 heteroatoms. The second-order valence-corrected chi connectivity index (χ2v) is 4.69. The van der Waals surface area contributed by atoms with Crippen LogP contribution in [0.25, 0.3) is 0 Å². The van der Waals surface area contributed by atoms with Gasteiger partial charge in [0.15, 0.2) is 0 Å². The minimum atomic E-state index is 0.861. The number of hydrogen-bond acceptors (Lipinski definition) is 3. The first-order valence-corrected chi connectivity index (χ1v) is 6.79. The highest BCUT2D eigenvalue weighted by Crippen LogP contribution is 2.08. The van der Waals surface area contributed by atoms with Gasteiger partial charge in [-0.05, 0) is 17.7 Å². The molecular weight excluding hydrogens is 240 g/mol. The standard InChI is InChI=1S/C15H18N2S/c18-11-10-17(12-14-6-2-1-3-7-14)13-15-8-4-5-9-16-15/h1-9,18H,10-13H2. The minimum Gasteiger partial charge on any atom is -0.292 e. The molecule has 2 rings (SSSR count). The highest BCUT2D eigenvalue weighted by Gasteiger charge is 2.06. The molecule has 1 aromatic carbocycles. The van der Waals surface area contributed by atoms with Crippen LogP contribution in [0.5, 0.6) is 0 Å². The third-order valence-electron chi connectivity index (χ3n) is 2.78. The molecule has 0 spiro atoms. The van der Waals surface area contributed by atoms with Crippen molar-refractivity contribution in [2.75, 3.05) is 12.3 Å². The lowest BCUT2D eigenvalue weighted by molar-refractivity contribution is 0.271. The Kier molecular flexibility index (Phi) is 5.24. The van der Waals surface area contributed by atoms with Gasteiger partial charge in [0, 0.05) is 31.6 Å². The van der Waals surface area contributed by atoms with Crippen LogP contribution in [0.1, 0.15) is 11.3 Å². The average Bonchev–Trinajstić information content (AvgIpc) is 2.41. The van der Waals surface area contributed by atoms with Gasteiger partial charge in [0.1, 0.15) is 0 Å². The summed E-state index contributed by atoms with van der Waals surface area (Å²) in [5.74, 6) is 0.861. The number of pyridine rings is 1. The molecule has 1 aromatic heterocycles. The number of rotatable bonds is 6. The minimum absolute atomic E-state index is 0.861. The number of thiol groups is 1. The lowest BCUT2D eigenvalue weighted by Gasteiger charge is -2.21. The summed E-state index contributed by atoms with van der Waals surface area (Å²) in [5, 5.41) is 0. The summed E-state index contributed by atoms with van der Waals surface area (Å²) >= 11 is 4.33. The second-order valence-electron chi connectivity index (χ2n) is 4.24. The molecule has 0 aliphatic heterocycles. The zero-order valence-electron chi connectivity index (χ0n) is 10.4. The maximum Gasteiger partial charge on any atom is 0.0544 e. The molecule has 0 saturated carbocycles. The third-order valence-corrected chi connectivity index (χ3v) is 2.98. The molecule has 0 saturated heterocycles. The smallest absolute Gasteiger partial charge is 0.0544 e. The summed E-state index contributed by atoms with van der Waals surface area (Å²) in [6.45, 7) is 2.78. The van der Waals surface area contributed by atoms with Gasteiger partial charge >= 0.3 is 0 Å².